The fourth-order valence-electron chi connectivity index (χ4n) is 1.39. The predicted molar refractivity (Wildman–Crippen MR) is 48.8 cm³/mol. The molecule has 0 aliphatic carbocycles. The number of nitrogens with two attached hydrogens (primary N) is 1. The molecule has 0 unspecified atom stereocenters. The van der Waals surface area contributed by atoms with Crippen LogP contribution in [0.2, 0.25) is 0 Å². The highest BCUT2D eigenvalue weighted by Gasteiger charge is 2.38. The van der Waals surface area contributed by atoms with Gasteiger partial charge >= 0.3 is 12.1 Å². The molecule has 0 aliphatic heterocycles. The maximum Gasteiger partial charge on any atom is 0.417 e. The summed E-state index contributed by atoms with van der Waals surface area (Å²) >= 11 is 0. The Hall–Kier alpha value is -1.63. The molecule has 0 aliphatic rings. The highest BCUT2D eigenvalue weighted by molar-refractivity contribution is 5.91. The molecule has 1 aromatic rings. The first-order valence-corrected chi connectivity index (χ1v) is 4.28. The molecule has 16 heavy (non-hydrogen) atoms. The van der Waals surface area contributed by atoms with E-state index in [4.69, 9.17) is 10.8 Å². The van der Waals surface area contributed by atoms with E-state index in [1.165, 1.54) is 6.92 Å². The molecule has 7 heteroatoms. The van der Waals surface area contributed by atoms with Crippen LogP contribution in [-0.4, -0.2) is 16.1 Å². The largest absolute Gasteiger partial charge is 0.478 e. The van der Waals surface area contributed by atoms with Crippen LogP contribution in [0, 0.1) is 6.92 Å². The van der Waals surface area contributed by atoms with Gasteiger partial charge in [0.2, 0.25) is 0 Å². The summed E-state index contributed by atoms with van der Waals surface area (Å²) in [4.78, 5) is 14.4. The smallest absolute Gasteiger partial charge is 0.417 e. The third-order valence-corrected chi connectivity index (χ3v) is 2.06. The Kier molecular flexibility index (Phi) is 3.18. The van der Waals surface area contributed by atoms with E-state index in [1.54, 1.807) is 0 Å². The molecule has 1 aromatic heterocycles. The molecule has 0 bridgehead atoms. The minimum Gasteiger partial charge on any atom is -0.478 e. The summed E-state index contributed by atoms with van der Waals surface area (Å²) in [6.07, 6.45) is -3.80. The van der Waals surface area contributed by atoms with Gasteiger partial charge in [-0.1, -0.05) is 0 Å². The first kappa shape index (κ1) is 12.4. The van der Waals surface area contributed by atoms with Crippen molar-refractivity contribution < 1.29 is 23.1 Å². The molecule has 0 saturated carbocycles. The summed E-state index contributed by atoms with van der Waals surface area (Å²) in [5, 5.41) is 8.75. The van der Waals surface area contributed by atoms with Crippen LogP contribution in [-0.2, 0) is 12.7 Å². The quantitative estimate of drug-likeness (QED) is 0.814. The van der Waals surface area contributed by atoms with Gasteiger partial charge in [0.25, 0.3) is 0 Å². The van der Waals surface area contributed by atoms with Gasteiger partial charge in [-0.25, -0.2) is 4.79 Å². The van der Waals surface area contributed by atoms with Crippen LogP contribution in [0.5, 0.6) is 0 Å². The van der Waals surface area contributed by atoms with Crippen molar-refractivity contribution in [1.82, 2.24) is 4.98 Å². The lowest BCUT2D eigenvalue weighted by atomic mass is 10.0. The second-order valence-electron chi connectivity index (χ2n) is 3.13. The average molecular weight is 234 g/mol. The Morgan fingerprint density at radius 3 is 2.50 bits per heavy atom. The number of carbonyl (C=O) groups is 1. The van der Waals surface area contributed by atoms with Crippen molar-refractivity contribution in [3.63, 3.8) is 0 Å². The molecule has 3 N–H and O–H groups in total. The van der Waals surface area contributed by atoms with E-state index < -0.39 is 29.8 Å². The minimum atomic E-state index is -4.75. The molecule has 0 spiro atoms. The van der Waals surface area contributed by atoms with E-state index in [9.17, 15) is 18.0 Å². The third-order valence-electron chi connectivity index (χ3n) is 2.06. The first-order valence-electron chi connectivity index (χ1n) is 4.28. The number of pyridine rings is 1. The molecule has 0 amide bonds. The van der Waals surface area contributed by atoms with Crippen LogP contribution >= 0.6 is 0 Å². The van der Waals surface area contributed by atoms with Crippen molar-refractivity contribution >= 4 is 5.97 Å². The fraction of sp³-hybridized carbons (Fsp3) is 0.333. The molecule has 0 radical (unpaired) electrons. The maximum atomic E-state index is 12.7. The summed E-state index contributed by atoms with van der Waals surface area (Å²) in [6.45, 7) is 0.793. The van der Waals surface area contributed by atoms with Crippen molar-refractivity contribution in [3.05, 3.63) is 28.6 Å². The molecule has 0 aromatic carbocycles. The van der Waals surface area contributed by atoms with E-state index in [0.717, 1.165) is 6.20 Å². The summed E-state index contributed by atoms with van der Waals surface area (Å²) in [5.74, 6) is -1.66. The number of hydrogen-bond acceptors (Lipinski definition) is 3. The SMILES string of the molecule is Cc1ncc(CN)c(C(F)(F)F)c1C(=O)O. The normalized spacial score (nSPS) is 11.6. The molecule has 0 atom stereocenters. The molecule has 1 heterocycles. The van der Waals surface area contributed by atoms with Crippen molar-refractivity contribution in [1.29, 1.82) is 0 Å². The second kappa shape index (κ2) is 4.09. The van der Waals surface area contributed by atoms with E-state index >= 15 is 0 Å². The number of rotatable bonds is 2. The lowest BCUT2D eigenvalue weighted by Gasteiger charge is -2.15. The van der Waals surface area contributed by atoms with Gasteiger partial charge in [0.1, 0.15) is 0 Å². The average Bonchev–Trinajstić information content (AvgIpc) is 2.15. The van der Waals surface area contributed by atoms with Gasteiger partial charge < -0.3 is 10.8 Å². The van der Waals surface area contributed by atoms with Gasteiger partial charge in [-0.2, -0.15) is 13.2 Å². The Labute approximate surface area is 88.9 Å². The molecule has 4 nitrogen and oxygen atoms in total. The molecule has 88 valence electrons. The summed E-state index contributed by atoms with van der Waals surface area (Å²) < 4.78 is 38.1. The van der Waals surface area contributed by atoms with Crippen LogP contribution < -0.4 is 5.73 Å². The van der Waals surface area contributed by atoms with E-state index in [-0.39, 0.29) is 11.3 Å². The number of alkyl halides is 3. The van der Waals surface area contributed by atoms with Gasteiger partial charge in [0.15, 0.2) is 0 Å². The van der Waals surface area contributed by atoms with Crippen LogP contribution in [0.1, 0.15) is 27.2 Å². The van der Waals surface area contributed by atoms with Gasteiger partial charge in [0.05, 0.1) is 16.8 Å². The van der Waals surface area contributed by atoms with E-state index in [0.29, 0.717) is 0 Å². The number of carboxylic acids is 1. The zero-order valence-electron chi connectivity index (χ0n) is 8.30. The Bertz CT molecular complexity index is 429. The first-order chi connectivity index (χ1) is 7.29. The highest BCUT2D eigenvalue weighted by atomic mass is 19.4. The number of aromatic nitrogens is 1. The maximum absolute atomic E-state index is 12.7. The molecule has 0 fully saturated rings. The Balaban J connectivity index is 3.62. The zero-order valence-corrected chi connectivity index (χ0v) is 8.30. The van der Waals surface area contributed by atoms with Crippen molar-refractivity contribution in [2.24, 2.45) is 5.73 Å². The van der Waals surface area contributed by atoms with E-state index in [1.807, 2.05) is 0 Å². The molecular weight excluding hydrogens is 225 g/mol. The number of carboxylic acid groups (broad SMARTS) is 1. The lowest BCUT2D eigenvalue weighted by molar-refractivity contribution is -0.138. The van der Waals surface area contributed by atoms with Crippen LogP contribution in [0.15, 0.2) is 6.20 Å². The second-order valence-corrected chi connectivity index (χ2v) is 3.13. The molecule has 0 saturated heterocycles. The number of aryl methyl sites for hydroxylation is 1. The van der Waals surface area contributed by atoms with Crippen molar-refractivity contribution in [2.75, 3.05) is 0 Å². The van der Waals surface area contributed by atoms with Crippen molar-refractivity contribution in [2.45, 2.75) is 19.6 Å². The Morgan fingerprint density at radius 1 is 1.56 bits per heavy atom. The topological polar surface area (TPSA) is 76.2 Å². The lowest BCUT2D eigenvalue weighted by Crippen LogP contribution is -2.20. The van der Waals surface area contributed by atoms with Gasteiger partial charge in [0, 0.05) is 12.7 Å². The van der Waals surface area contributed by atoms with Gasteiger partial charge in [-0.15, -0.1) is 0 Å². The predicted octanol–water partition coefficient (Wildman–Crippen LogP) is 1.57. The third kappa shape index (κ3) is 2.13. The van der Waals surface area contributed by atoms with Crippen molar-refractivity contribution in [3.8, 4) is 0 Å². The number of nitrogens with zero attached hydrogens (tertiary/aromatic N) is 1. The monoisotopic (exact) mass is 234 g/mol. The Morgan fingerprint density at radius 2 is 2.12 bits per heavy atom. The number of hydrogen-bond donors (Lipinski definition) is 2. The minimum absolute atomic E-state index is 0.183. The molecule has 1 rings (SSSR count). The summed E-state index contributed by atoms with van der Waals surface area (Å²) in [7, 11) is 0. The van der Waals surface area contributed by atoms with Crippen LogP contribution in [0.25, 0.3) is 0 Å². The summed E-state index contributed by atoms with van der Waals surface area (Å²) in [6, 6.07) is 0. The van der Waals surface area contributed by atoms with Gasteiger partial charge in [-0.3, -0.25) is 4.98 Å². The number of halogens is 3. The van der Waals surface area contributed by atoms with Crippen LogP contribution in [0.3, 0.4) is 0 Å². The standard InChI is InChI=1S/C9H9F3N2O2/c1-4-6(8(15)16)7(9(10,11)12)5(2-13)3-14-4/h3H,2,13H2,1H3,(H,15,16). The number of aromatic carboxylic acids is 1. The zero-order chi connectivity index (χ0) is 12.5. The summed E-state index contributed by atoms with van der Waals surface area (Å²) in [5.41, 5.74) is 2.58. The highest BCUT2D eigenvalue weighted by Crippen LogP contribution is 2.35. The van der Waals surface area contributed by atoms with E-state index in [2.05, 4.69) is 4.98 Å². The van der Waals surface area contributed by atoms with Gasteiger partial charge in [-0.05, 0) is 12.5 Å². The fourth-order valence-corrected chi connectivity index (χ4v) is 1.39. The molecular formula is C9H9F3N2O2. The van der Waals surface area contributed by atoms with Crippen LogP contribution in [0.4, 0.5) is 13.2 Å².